The van der Waals surface area contributed by atoms with E-state index in [1.165, 1.54) is 0 Å². The molecule has 2 aromatic rings. The number of carbonyl (C=O) groups is 1. The van der Waals surface area contributed by atoms with Crippen molar-refractivity contribution in [2.24, 2.45) is 0 Å². The fourth-order valence-corrected chi connectivity index (χ4v) is 1.51. The number of ether oxygens (including phenoxy) is 1. The summed E-state index contributed by atoms with van der Waals surface area (Å²) in [6.45, 7) is 0.0334. The number of hydrogen-bond acceptors (Lipinski definition) is 2. The van der Waals surface area contributed by atoms with Crippen molar-refractivity contribution >= 4 is 17.4 Å². The highest BCUT2D eigenvalue weighted by atomic mass is 35.5. The van der Waals surface area contributed by atoms with Gasteiger partial charge < -0.3 is 4.74 Å². The van der Waals surface area contributed by atoms with Gasteiger partial charge in [-0.05, 0) is 36.4 Å². The summed E-state index contributed by atoms with van der Waals surface area (Å²) < 4.78 is 5.37. The van der Waals surface area contributed by atoms with Crippen LogP contribution in [0.3, 0.4) is 0 Å². The van der Waals surface area contributed by atoms with Crippen LogP contribution >= 0.6 is 11.6 Å². The molecule has 2 rings (SSSR count). The normalized spacial score (nSPS) is 9.94. The largest absolute Gasteiger partial charge is 0.485 e. The molecule has 0 N–H and O–H groups in total. The van der Waals surface area contributed by atoms with Crippen molar-refractivity contribution in [1.29, 1.82) is 0 Å². The van der Waals surface area contributed by atoms with Gasteiger partial charge in [0.25, 0.3) is 0 Å². The highest BCUT2D eigenvalue weighted by molar-refractivity contribution is 6.30. The minimum Gasteiger partial charge on any atom is -0.485 e. The third-order valence-corrected chi connectivity index (χ3v) is 2.53. The topological polar surface area (TPSA) is 26.3 Å². The van der Waals surface area contributed by atoms with E-state index in [9.17, 15) is 4.79 Å². The molecule has 2 aromatic carbocycles. The van der Waals surface area contributed by atoms with Crippen molar-refractivity contribution in [3.8, 4) is 5.75 Å². The van der Waals surface area contributed by atoms with Gasteiger partial charge in [0.15, 0.2) is 12.4 Å². The van der Waals surface area contributed by atoms with Crippen molar-refractivity contribution in [2.75, 3.05) is 6.61 Å². The number of Topliss-reactive ketones (excluding diaryl/α,β-unsaturated/α-hetero) is 1. The lowest BCUT2D eigenvalue weighted by molar-refractivity contribution is 0.0921. The van der Waals surface area contributed by atoms with E-state index in [1.807, 2.05) is 30.3 Å². The summed E-state index contributed by atoms with van der Waals surface area (Å²) in [6, 6.07) is 16.0. The van der Waals surface area contributed by atoms with Crippen molar-refractivity contribution in [1.82, 2.24) is 0 Å². The van der Waals surface area contributed by atoms with E-state index in [0.717, 1.165) is 0 Å². The van der Waals surface area contributed by atoms with Gasteiger partial charge >= 0.3 is 0 Å². The lowest BCUT2D eigenvalue weighted by Crippen LogP contribution is -2.11. The van der Waals surface area contributed by atoms with E-state index in [2.05, 4.69) is 0 Å². The smallest absolute Gasteiger partial charge is 0.200 e. The van der Waals surface area contributed by atoms with Crippen molar-refractivity contribution < 1.29 is 9.53 Å². The highest BCUT2D eigenvalue weighted by Gasteiger charge is 2.06. The maximum atomic E-state index is 11.8. The van der Waals surface area contributed by atoms with Crippen molar-refractivity contribution in [3.05, 3.63) is 65.2 Å². The van der Waals surface area contributed by atoms with Gasteiger partial charge in [-0.25, -0.2) is 0 Å². The van der Waals surface area contributed by atoms with Crippen LogP contribution in [0.5, 0.6) is 5.75 Å². The molecule has 0 aliphatic carbocycles. The Bertz CT molecular complexity index is 491. The second-order valence-corrected chi connectivity index (χ2v) is 3.97. The lowest BCUT2D eigenvalue weighted by Gasteiger charge is -2.05. The van der Waals surface area contributed by atoms with E-state index in [1.54, 1.807) is 24.3 Å². The molecule has 0 amide bonds. The number of carbonyl (C=O) groups excluding carboxylic acids is 1. The number of halogens is 1. The zero-order valence-electron chi connectivity index (χ0n) is 9.10. The molecular formula is C14H11ClO2. The number of benzene rings is 2. The molecule has 0 bridgehead atoms. The summed E-state index contributed by atoms with van der Waals surface area (Å²) in [5.41, 5.74) is 0.602. The third-order valence-electron chi connectivity index (χ3n) is 2.28. The maximum absolute atomic E-state index is 11.8. The molecule has 0 saturated heterocycles. The van der Waals surface area contributed by atoms with Gasteiger partial charge in [-0.1, -0.05) is 29.8 Å². The minimum absolute atomic E-state index is 0.0334. The molecule has 0 radical (unpaired) electrons. The van der Waals surface area contributed by atoms with Gasteiger partial charge in [0.05, 0.1) is 0 Å². The molecule has 0 fully saturated rings. The van der Waals surface area contributed by atoms with Gasteiger partial charge in [0, 0.05) is 10.6 Å². The molecule has 3 heteroatoms. The van der Waals surface area contributed by atoms with Crippen LogP contribution in [-0.4, -0.2) is 12.4 Å². The first-order chi connectivity index (χ1) is 8.25. The van der Waals surface area contributed by atoms with Gasteiger partial charge in [0.1, 0.15) is 5.75 Å². The van der Waals surface area contributed by atoms with Crippen LogP contribution in [-0.2, 0) is 0 Å². The summed E-state index contributed by atoms with van der Waals surface area (Å²) in [4.78, 5) is 11.8. The molecule has 0 saturated carbocycles. The molecular weight excluding hydrogens is 236 g/mol. The second kappa shape index (κ2) is 5.51. The number of rotatable bonds is 4. The molecule has 0 aromatic heterocycles. The first kappa shape index (κ1) is 11.7. The fraction of sp³-hybridized carbons (Fsp3) is 0.0714. The Morgan fingerprint density at radius 1 is 1.00 bits per heavy atom. The zero-order chi connectivity index (χ0) is 12.1. The number of para-hydroxylation sites is 1. The molecule has 0 heterocycles. The van der Waals surface area contributed by atoms with E-state index >= 15 is 0 Å². The number of ketones is 1. The zero-order valence-corrected chi connectivity index (χ0v) is 9.85. The maximum Gasteiger partial charge on any atom is 0.200 e. The quantitative estimate of drug-likeness (QED) is 0.771. The molecule has 0 aliphatic rings. The van der Waals surface area contributed by atoms with Crippen molar-refractivity contribution in [3.63, 3.8) is 0 Å². The second-order valence-electron chi connectivity index (χ2n) is 3.53. The van der Waals surface area contributed by atoms with E-state index in [4.69, 9.17) is 16.3 Å². The van der Waals surface area contributed by atoms with Crippen LogP contribution in [0.15, 0.2) is 54.6 Å². The first-order valence-electron chi connectivity index (χ1n) is 5.22. The van der Waals surface area contributed by atoms with Gasteiger partial charge in [0.2, 0.25) is 0 Å². The summed E-state index contributed by atoms with van der Waals surface area (Å²) >= 11 is 5.75. The summed E-state index contributed by atoms with van der Waals surface area (Å²) in [5, 5.41) is 0.616. The fourth-order valence-electron chi connectivity index (χ4n) is 1.38. The predicted molar refractivity (Wildman–Crippen MR) is 67.7 cm³/mol. The lowest BCUT2D eigenvalue weighted by atomic mass is 10.1. The summed E-state index contributed by atoms with van der Waals surface area (Å²) in [5.74, 6) is 0.625. The Hall–Kier alpha value is -1.80. The summed E-state index contributed by atoms with van der Waals surface area (Å²) in [7, 11) is 0. The van der Waals surface area contributed by atoms with Crippen LogP contribution in [0.4, 0.5) is 0 Å². The van der Waals surface area contributed by atoms with E-state index < -0.39 is 0 Å². The predicted octanol–water partition coefficient (Wildman–Crippen LogP) is 3.60. The van der Waals surface area contributed by atoms with Crippen LogP contribution in [0.2, 0.25) is 5.02 Å². The van der Waals surface area contributed by atoms with Crippen LogP contribution in [0, 0.1) is 0 Å². The Morgan fingerprint density at radius 3 is 2.29 bits per heavy atom. The Kier molecular flexibility index (Phi) is 3.78. The molecule has 0 unspecified atom stereocenters. The third kappa shape index (κ3) is 3.33. The standard InChI is InChI=1S/C14H11ClO2/c15-12-8-6-11(7-9-12)14(16)10-17-13-4-2-1-3-5-13/h1-9H,10H2. The Balaban J connectivity index is 1.96. The monoisotopic (exact) mass is 246 g/mol. The molecule has 86 valence electrons. The SMILES string of the molecule is O=C(COc1ccccc1)c1ccc(Cl)cc1. The Morgan fingerprint density at radius 2 is 1.65 bits per heavy atom. The molecule has 2 nitrogen and oxygen atoms in total. The van der Waals surface area contributed by atoms with E-state index in [0.29, 0.717) is 16.3 Å². The number of hydrogen-bond donors (Lipinski definition) is 0. The van der Waals surface area contributed by atoms with Gasteiger partial charge in [-0.3, -0.25) is 4.79 Å². The Labute approximate surface area is 105 Å². The summed E-state index contributed by atoms with van der Waals surface area (Å²) in [6.07, 6.45) is 0. The van der Waals surface area contributed by atoms with Gasteiger partial charge in [-0.15, -0.1) is 0 Å². The van der Waals surface area contributed by atoms with Crippen LogP contribution in [0.25, 0.3) is 0 Å². The van der Waals surface area contributed by atoms with Crippen LogP contribution in [0.1, 0.15) is 10.4 Å². The molecule has 0 aliphatic heterocycles. The van der Waals surface area contributed by atoms with Crippen molar-refractivity contribution in [2.45, 2.75) is 0 Å². The van der Waals surface area contributed by atoms with E-state index in [-0.39, 0.29) is 12.4 Å². The minimum atomic E-state index is -0.0643. The average molecular weight is 247 g/mol. The highest BCUT2D eigenvalue weighted by Crippen LogP contribution is 2.12. The molecule has 0 spiro atoms. The molecule has 17 heavy (non-hydrogen) atoms. The van der Waals surface area contributed by atoms with Crippen LogP contribution < -0.4 is 4.74 Å². The molecule has 0 atom stereocenters. The average Bonchev–Trinajstić information content (AvgIpc) is 2.38. The van der Waals surface area contributed by atoms with Gasteiger partial charge in [-0.2, -0.15) is 0 Å². The first-order valence-corrected chi connectivity index (χ1v) is 5.60.